The van der Waals surface area contributed by atoms with Crippen molar-refractivity contribution in [1.82, 2.24) is 4.90 Å². The zero-order chi connectivity index (χ0) is 31.5. The normalized spacial score (nSPS) is 18.0. The molecule has 3 aromatic rings. The number of urea groups is 1. The smallest absolute Gasteiger partial charge is 0.341 e. The quantitative estimate of drug-likeness (QED) is 0.218. The van der Waals surface area contributed by atoms with E-state index in [2.05, 4.69) is 22.8 Å². The van der Waals surface area contributed by atoms with Gasteiger partial charge in [0.1, 0.15) is 5.00 Å². The molecule has 3 aliphatic rings. The summed E-state index contributed by atoms with van der Waals surface area (Å²) < 4.78 is 5.30. The van der Waals surface area contributed by atoms with Crippen LogP contribution in [0.2, 0.25) is 0 Å². The number of nitrogens with one attached hydrogen (secondary N) is 2. The molecule has 1 aliphatic carbocycles. The van der Waals surface area contributed by atoms with E-state index < -0.39 is 5.97 Å². The topological polar surface area (TPSA) is 108 Å². The van der Waals surface area contributed by atoms with Crippen LogP contribution in [-0.2, 0) is 27.3 Å². The Labute approximate surface area is 274 Å². The van der Waals surface area contributed by atoms with Crippen LogP contribution in [0.4, 0.5) is 21.2 Å². The van der Waals surface area contributed by atoms with E-state index in [1.807, 2.05) is 60.7 Å². The summed E-state index contributed by atoms with van der Waals surface area (Å²) in [6, 6.07) is 15.0. The summed E-state index contributed by atoms with van der Waals surface area (Å²) in [5.41, 5.74) is 2.71. The van der Waals surface area contributed by atoms with Crippen LogP contribution in [0.25, 0.3) is 0 Å². The minimum atomic E-state index is -0.473. The molecule has 0 saturated carbocycles. The Morgan fingerprint density at radius 2 is 1.87 bits per heavy atom. The van der Waals surface area contributed by atoms with Gasteiger partial charge in [-0.25, -0.2) is 9.59 Å². The molecule has 4 amide bonds. The number of anilines is 3. The maximum absolute atomic E-state index is 13.7. The number of carbonyl (C=O) groups excluding carboxylic acids is 4. The van der Waals surface area contributed by atoms with Crippen molar-refractivity contribution in [3.05, 3.63) is 88.8 Å². The van der Waals surface area contributed by atoms with Crippen LogP contribution < -0.4 is 15.5 Å². The third kappa shape index (κ3) is 6.68. The fourth-order valence-electron chi connectivity index (χ4n) is 5.56. The molecule has 2 aliphatic heterocycles. The highest BCUT2D eigenvalue weighted by atomic mass is 32.2. The molecule has 0 bridgehead atoms. The molecule has 3 heterocycles. The molecule has 0 saturated heterocycles. The van der Waals surface area contributed by atoms with E-state index in [9.17, 15) is 19.2 Å². The number of ether oxygens (including phenoxy) is 1. The van der Waals surface area contributed by atoms with E-state index in [0.29, 0.717) is 35.8 Å². The number of fused-ring (bicyclic) bond motifs is 3. The SMILES string of the molecule is CCOC(=O)c1c(NC(=O)CSc2cccc(NC(=O)N3c4ccccc4SC4C=CC=CC43)c2)sc2c1CCN(C(C)=O)C2. The maximum Gasteiger partial charge on any atom is 0.341 e. The number of allylic oxidation sites excluding steroid dienone is 2. The highest BCUT2D eigenvalue weighted by molar-refractivity contribution is 8.00. The van der Waals surface area contributed by atoms with Crippen molar-refractivity contribution in [3.63, 3.8) is 0 Å². The van der Waals surface area contributed by atoms with Crippen LogP contribution in [0.15, 0.2) is 82.6 Å². The molecule has 2 atom stereocenters. The highest BCUT2D eigenvalue weighted by Crippen LogP contribution is 2.44. The van der Waals surface area contributed by atoms with Crippen molar-refractivity contribution in [2.24, 2.45) is 0 Å². The molecular weight excluding hydrogens is 629 g/mol. The van der Waals surface area contributed by atoms with E-state index >= 15 is 0 Å². The lowest BCUT2D eigenvalue weighted by Gasteiger charge is -2.40. The van der Waals surface area contributed by atoms with Crippen LogP contribution in [0.5, 0.6) is 0 Å². The van der Waals surface area contributed by atoms with E-state index in [4.69, 9.17) is 4.74 Å². The first-order chi connectivity index (χ1) is 21.8. The van der Waals surface area contributed by atoms with Gasteiger partial charge in [0.15, 0.2) is 0 Å². The Kier molecular flexibility index (Phi) is 9.34. The largest absolute Gasteiger partial charge is 0.462 e. The second kappa shape index (κ2) is 13.6. The molecule has 6 rings (SSSR count). The molecule has 0 spiro atoms. The van der Waals surface area contributed by atoms with Gasteiger partial charge < -0.3 is 20.3 Å². The number of esters is 1. The number of thioether (sulfide) groups is 2. The third-order valence-corrected chi connectivity index (χ3v) is 11.1. The van der Waals surface area contributed by atoms with Crippen molar-refractivity contribution in [2.75, 3.05) is 34.4 Å². The zero-order valence-corrected chi connectivity index (χ0v) is 27.2. The van der Waals surface area contributed by atoms with Gasteiger partial charge in [0.2, 0.25) is 11.8 Å². The number of benzene rings is 2. The second-order valence-electron chi connectivity index (χ2n) is 10.6. The van der Waals surface area contributed by atoms with Crippen LogP contribution in [0, 0.1) is 0 Å². The molecule has 12 heteroatoms. The first-order valence-corrected chi connectivity index (χ1v) is 17.3. The minimum Gasteiger partial charge on any atom is -0.462 e. The third-order valence-electron chi connectivity index (χ3n) is 7.65. The fourth-order valence-corrected chi connectivity index (χ4v) is 8.84. The number of rotatable bonds is 7. The number of amides is 4. The number of thiophene rings is 1. The monoisotopic (exact) mass is 660 g/mol. The summed E-state index contributed by atoms with van der Waals surface area (Å²) in [6.45, 7) is 4.40. The van der Waals surface area contributed by atoms with Crippen molar-refractivity contribution in [1.29, 1.82) is 0 Å². The summed E-state index contributed by atoms with van der Waals surface area (Å²) in [5, 5.41) is 6.54. The molecule has 232 valence electrons. The summed E-state index contributed by atoms with van der Waals surface area (Å²) >= 11 is 4.40. The van der Waals surface area contributed by atoms with Gasteiger partial charge in [-0.1, -0.05) is 42.5 Å². The molecule has 0 radical (unpaired) electrons. The molecule has 9 nitrogen and oxygen atoms in total. The summed E-state index contributed by atoms with van der Waals surface area (Å²) in [4.78, 5) is 57.8. The van der Waals surface area contributed by atoms with Crippen LogP contribution in [0.1, 0.15) is 34.6 Å². The number of hydrogen-bond donors (Lipinski definition) is 2. The Morgan fingerprint density at radius 1 is 1.04 bits per heavy atom. The average molecular weight is 661 g/mol. The lowest BCUT2D eigenvalue weighted by molar-refractivity contribution is -0.129. The molecular formula is C33H32N4O5S3. The molecule has 2 aromatic carbocycles. The zero-order valence-electron chi connectivity index (χ0n) is 24.8. The van der Waals surface area contributed by atoms with Crippen molar-refractivity contribution >= 4 is 75.1 Å². The summed E-state index contributed by atoms with van der Waals surface area (Å²) in [7, 11) is 0. The Hall–Kier alpha value is -4.00. The number of carbonyl (C=O) groups is 4. The average Bonchev–Trinajstić information content (AvgIpc) is 3.39. The van der Waals surface area contributed by atoms with Gasteiger partial charge in [-0.15, -0.1) is 34.9 Å². The van der Waals surface area contributed by atoms with E-state index in [-0.39, 0.29) is 41.5 Å². The van der Waals surface area contributed by atoms with E-state index in [0.717, 1.165) is 25.9 Å². The predicted molar refractivity (Wildman–Crippen MR) is 181 cm³/mol. The van der Waals surface area contributed by atoms with Gasteiger partial charge in [0, 0.05) is 33.8 Å². The molecule has 0 fully saturated rings. The fraction of sp³-hybridized carbons (Fsp3) is 0.273. The van der Waals surface area contributed by atoms with Crippen LogP contribution >= 0.6 is 34.9 Å². The summed E-state index contributed by atoms with van der Waals surface area (Å²) in [6.07, 6.45) is 8.69. The molecule has 2 N–H and O–H groups in total. The van der Waals surface area contributed by atoms with Gasteiger partial charge in [-0.3, -0.25) is 14.5 Å². The molecule has 2 unspecified atom stereocenters. The highest BCUT2D eigenvalue weighted by Gasteiger charge is 2.37. The Balaban J connectivity index is 1.13. The van der Waals surface area contributed by atoms with Gasteiger partial charge >= 0.3 is 12.0 Å². The molecule has 1 aromatic heterocycles. The number of nitrogens with zero attached hydrogens (tertiary/aromatic N) is 2. The standard InChI is InChI=1S/C33H32N4O5S3/c1-3-42-32(40)30-23-15-16-36(20(2)38)18-28(23)45-31(30)35-29(39)19-43-22-10-8-9-21(17-22)34-33(41)37-24-11-4-6-13-26(24)44-27-14-7-5-12-25(27)37/h4-14,17,24,26H,3,15-16,18-19H2,1-2H3,(H,34,41)(H,35,39). The van der Waals surface area contributed by atoms with Crippen LogP contribution in [0.3, 0.4) is 0 Å². The van der Waals surface area contributed by atoms with Crippen molar-refractivity contribution < 1.29 is 23.9 Å². The summed E-state index contributed by atoms with van der Waals surface area (Å²) in [5.74, 6) is -0.676. The first kappa shape index (κ1) is 31.0. The van der Waals surface area contributed by atoms with E-state index in [1.54, 1.807) is 28.5 Å². The van der Waals surface area contributed by atoms with Gasteiger partial charge in [-0.2, -0.15) is 0 Å². The predicted octanol–water partition coefficient (Wildman–Crippen LogP) is 6.57. The van der Waals surface area contributed by atoms with Crippen molar-refractivity contribution in [2.45, 2.75) is 47.9 Å². The Bertz CT molecular complexity index is 1720. The number of hydrogen-bond acceptors (Lipinski definition) is 8. The minimum absolute atomic E-state index is 0.0286. The number of para-hydroxylation sites is 1. The van der Waals surface area contributed by atoms with Gasteiger partial charge in [-0.05, 0) is 49.2 Å². The maximum atomic E-state index is 13.7. The van der Waals surface area contributed by atoms with Crippen molar-refractivity contribution in [3.8, 4) is 0 Å². The van der Waals surface area contributed by atoms with Crippen LogP contribution in [-0.4, -0.2) is 58.9 Å². The first-order valence-electron chi connectivity index (χ1n) is 14.6. The van der Waals surface area contributed by atoms with Gasteiger partial charge in [0.05, 0.1) is 41.4 Å². The lowest BCUT2D eigenvalue weighted by Crippen LogP contribution is -2.49. The Morgan fingerprint density at radius 3 is 2.69 bits per heavy atom. The molecule has 45 heavy (non-hydrogen) atoms. The lowest BCUT2D eigenvalue weighted by atomic mass is 10.0. The second-order valence-corrected chi connectivity index (χ2v) is 14.0. The van der Waals surface area contributed by atoms with Gasteiger partial charge in [0.25, 0.3) is 0 Å². The van der Waals surface area contributed by atoms with E-state index in [1.165, 1.54) is 30.0 Å².